The maximum atomic E-state index is 12.0. The molecule has 1 saturated carbocycles. The Bertz CT molecular complexity index is 272. The molecule has 5 nitrogen and oxygen atoms in total. The van der Waals surface area contributed by atoms with Gasteiger partial charge in [-0.1, -0.05) is 19.8 Å². The summed E-state index contributed by atoms with van der Waals surface area (Å²) >= 11 is 0. The zero-order chi connectivity index (χ0) is 12.2. The van der Waals surface area contributed by atoms with Gasteiger partial charge >= 0.3 is 5.97 Å². The van der Waals surface area contributed by atoms with E-state index in [1.165, 1.54) is 0 Å². The lowest BCUT2D eigenvalue weighted by Gasteiger charge is -2.27. The molecule has 0 radical (unpaired) electrons. The predicted molar refractivity (Wildman–Crippen MR) is 59.8 cm³/mol. The van der Waals surface area contributed by atoms with Gasteiger partial charge in [0.2, 0.25) is 5.91 Å². The highest BCUT2D eigenvalue weighted by molar-refractivity contribution is 5.87. The molecular formula is C11H20N2O3. The highest BCUT2D eigenvalue weighted by Crippen LogP contribution is 2.37. The summed E-state index contributed by atoms with van der Waals surface area (Å²) in [6.07, 6.45) is 3.92. The first-order valence-corrected chi connectivity index (χ1v) is 5.79. The van der Waals surface area contributed by atoms with E-state index in [0.717, 1.165) is 25.7 Å². The SMILES string of the molecule is CCC(NC(=O)C1(CN)CCCC1)C(=O)O. The molecule has 0 aromatic rings. The summed E-state index contributed by atoms with van der Waals surface area (Å²) < 4.78 is 0. The van der Waals surface area contributed by atoms with Crippen LogP contribution in [0.15, 0.2) is 0 Å². The van der Waals surface area contributed by atoms with Crippen molar-refractivity contribution >= 4 is 11.9 Å². The molecule has 0 aliphatic heterocycles. The topological polar surface area (TPSA) is 92.4 Å². The lowest BCUT2D eigenvalue weighted by molar-refractivity contribution is -0.143. The Morgan fingerprint density at radius 1 is 1.44 bits per heavy atom. The number of hydrogen-bond donors (Lipinski definition) is 3. The van der Waals surface area contributed by atoms with Gasteiger partial charge in [0.05, 0.1) is 5.41 Å². The van der Waals surface area contributed by atoms with E-state index < -0.39 is 17.4 Å². The Kier molecular flexibility index (Phi) is 4.29. The average molecular weight is 228 g/mol. The third kappa shape index (κ3) is 2.52. The highest BCUT2D eigenvalue weighted by atomic mass is 16.4. The molecule has 0 bridgehead atoms. The smallest absolute Gasteiger partial charge is 0.326 e. The van der Waals surface area contributed by atoms with Crippen molar-refractivity contribution in [2.75, 3.05) is 6.54 Å². The minimum absolute atomic E-state index is 0.193. The van der Waals surface area contributed by atoms with E-state index in [-0.39, 0.29) is 5.91 Å². The molecule has 92 valence electrons. The second-order valence-electron chi connectivity index (χ2n) is 4.46. The Morgan fingerprint density at radius 2 is 2.00 bits per heavy atom. The molecule has 1 unspecified atom stereocenters. The van der Waals surface area contributed by atoms with E-state index in [4.69, 9.17) is 10.8 Å². The van der Waals surface area contributed by atoms with Gasteiger partial charge in [0.1, 0.15) is 6.04 Å². The van der Waals surface area contributed by atoms with Crippen LogP contribution in [0.25, 0.3) is 0 Å². The largest absolute Gasteiger partial charge is 0.480 e. The number of nitrogens with two attached hydrogens (primary N) is 1. The van der Waals surface area contributed by atoms with Crippen molar-refractivity contribution in [3.63, 3.8) is 0 Å². The predicted octanol–water partition coefficient (Wildman–Crippen LogP) is 0.485. The fourth-order valence-corrected chi connectivity index (χ4v) is 2.23. The molecule has 1 aliphatic rings. The van der Waals surface area contributed by atoms with Gasteiger partial charge in [0.25, 0.3) is 0 Å². The summed E-state index contributed by atoms with van der Waals surface area (Å²) in [7, 11) is 0. The van der Waals surface area contributed by atoms with Gasteiger partial charge in [-0.3, -0.25) is 4.79 Å². The second-order valence-corrected chi connectivity index (χ2v) is 4.46. The van der Waals surface area contributed by atoms with Gasteiger partial charge in [-0.15, -0.1) is 0 Å². The van der Waals surface area contributed by atoms with Crippen LogP contribution in [0.3, 0.4) is 0 Å². The van der Waals surface area contributed by atoms with Crippen molar-refractivity contribution < 1.29 is 14.7 Å². The van der Waals surface area contributed by atoms with Crippen LogP contribution in [-0.4, -0.2) is 29.6 Å². The summed E-state index contributed by atoms with van der Waals surface area (Å²) in [5, 5.41) is 11.5. The molecule has 5 heteroatoms. The standard InChI is InChI=1S/C11H20N2O3/c1-2-8(9(14)15)13-10(16)11(7-12)5-3-4-6-11/h8H,2-7,12H2,1H3,(H,13,16)(H,14,15). The molecule has 1 aliphatic carbocycles. The quantitative estimate of drug-likeness (QED) is 0.638. The van der Waals surface area contributed by atoms with E-state index in [9.17, 15) is 9.59 Å². The molecule has 1 rings (SSSR count). The van der Waals surface area contributed by atoms with Crippen LogP contribution >= 0.6 is 0 Å². The van der Waals surface area contributed by atoms with Crippen molar-refractivity contribution in [1.29, 1.82) is 0 Å². The van der Waals surface area contributed by atoms with Gasteiger partial charge in [0, 0.05) is 6.54 Å². The van der Waals surface area contributed by atoms with Gasteiger partial charge in [-0.25, -0.2) is 4.79 Å². The summed E-state index contributed by atoms with van der Waals surface area (Å²) in [5.41, 5.74) is 5.13. The summed E-state index contributed by atoms with van der Waals surface area (Å²) in [5.74, 6) is -1.18. The lowest BCUT2D eigenvalue weighted by Crippen LogP contribution is -2.50. The third-order valence-electron chi connectivity index (χ3n) is 3.44. The van der Waals surface area contributed by atoms with Crippen LogP contribution in [0.4, 0.5) is 0 Å². The fourth-order valence-electron chi connectivity index (χ4n) is 2.23. The number of amides is 1. The summed E-state index contributed by atoms with van der Waals surface area (Å²) in [4.78, 5) is 22.8. The van der Waals surface area contributed by atoms with Crippen molar-refractivity contribution in [2.24, 2.45) is 11.1 Å². The number of nitrogens with one attached hydrogen (secondary N) is 1. The Hall–Kier alpha value is -1.10. The van der Waals surface area contributed by atoms with Crippen LogP contribution in [0, 0.1) is 5.41 Å². The van der Waals surface area contributed by atoms with E-state index >= 15 is 0 Å². The van der Waals surface area contributed by atoms with Crippen LogP contribution in [0.5, 0.6) is 0 Å². The number of carbonyl (C=O) groups excluding carboxylic acids is 1. The van der Waals surface area contributed by atoms with Crippen LogP contribution < -0.4 is 11.1 Å². The Labute approximate surface area is 95.4 Å². The number of carboxylic acid groups (broad SMARTS) is 1. The van der Waals surface area contributed by atoms with E-state index in [1.807, 2.05) is 0 Å². The van der Waals surface area contributed by atoms with Gasteiger partial charge in [-0.2, -0.15) is 0 Å². The molecule has 1 amide bonds. The minimum atomic E-state index is -0.985. The monoisotopic (exact) mass is 228 g/mol. The van der Waals surface area contributed by atoms with E-state index in [2.05, 4.69) is 5.32 Å². The first-order chi connectivity index (χ1) is 7.55. The average Bonchev–Trinajstić information content (AvgIpc) is 2.74. The van der Waals surface area contributed by atoms with Crippen molar-refractivity contribution in [3.05, 3.63) is 0 Å². The molecule has 0 aromatic carbocycles. The Balaban J connectivity index is 2.65. The highest BCUT2D eigenvalue weighted by Gasteiger charge is 2.40. The molecular weight excluding hydrogens is 208 g/mol. The zero-order valence-electron chi connectivity index (χ0n) is 9.66. The maximum Gasteiger partial charge on any atom is 0.326 e. The Morgan fingerprint density at radius 3 is 2.38 bits per heavy atom. The molecule has 4 N–H and O–H groups in total. The fraction of sp³-hybridized carbons (Fsp3) is 0.818. The summed E-state index contributed by atoms with van der Waals surface area (Å²) in [6.45, 7) is 2.04. The van der Waals surface area contributed by atoms with Crippen LogP contribution in [-0.2, 0) is 9.59 Å². The normalized spacial score (nSPS) is 20.4. The van der Waals surface area contributed by atoms with E-state index in [0.29, 0.717) is 13.0 Å². The number of aliphatic carboxylic acids is 1. The molecule has 16 heavy (non-hydrogen) atoms. The lowest BCUT2D eigenvalue weighted by atomic mass is 9.85. The van der Waals surface area contributed by atoms with Gasteiger partial charge < -0.3 is 16.2 Å². The van der Waals surface area contributed by atoms with Crippen molar-refractivity contribution in [2.45, 2.75) is 45.1 Å². The molecule has 0 aromatic heterocycles. The number of carboxylic acids is 1. The van der Waals surface area contributed by atoms with Gasteiger partial charge in [0.15, 0.2) is 0 Å². The maximum absolute atomic E-state index is 12.0. The first kappa shape index (κ1) is 13.0. The summed E-state index contributed by atoms with van der Waals surface area (Å²) in [6, 6.07) is -0.795. The number of carbonyl (C=O) groups is 2. The van der Waals surface area contributed by atoms with Crippen molar-refractivity contribution in [3.8, 4) is 0 Å². The molecule has 1 fully saturated rings. The number of hydrogen-bond acceptors (Lipinski definition) is 3. The van der Waals surface area contributed by atoms with Crippen molar-refractivity contribution in [1.82, 2.24) is 5.32 Å². The minimum Gasteiger partial charge on any atom is -0.480 e. The molecule has 0 spiro atoms. The van der Waals surface area contributed by atoms with Crippen LogP contribution in [0.1, 0.15) is 39.0 Å². The van der Waals surface area contributed by atoms with E-state index in [1.54, 1.807) is 6.92 Å². The molecule has 0 heterocycles. The first-order valence-electron chi connectivity index (χ1n) is 5.79. The van der Waals surface area contributed by atoms with Gasteiger partial charge in [-0.05, 0) is 19.3 Å². The zero-order valence-corrected chi connectivity index (χ0v) is 9.66. The van der Waals surface area contributed by atoms with Crippen LogP contribution in [0.2, 0.25) is 0 Å². The third-order valence-corrected chi connectivity index (χ3v) is 3.44. The number of rotatable bonds is 5. The molecule has 0 saturated heterocycles. The molecule has 1 atom stereocenters. The second kappa shape index (κ2) is 5.30.